The van der Waals surface area contributed by atoms with Crippen LogP contribution in [0.3, 0.4) is 0 Å². The number of halogens is 1. The van der Waals surface area contributed by atoms with Crippen LogP contribution in [-0.2, 0) is 16.1 Å². The summed E-state index contributed by atoms with van der Waals surface area (Å²) in [5.74, 6) is 0.148. The standard InChI is InChI=1S/C24H22FN3O4/c1-16-24(30)28(20-6-2-3-7-22(20)31-16)12-10-23(29)27-14-17-8-9-21(19(25)13-17)32-18-5-4-11-26-15-18/h2-9,11,13,15-16H,10,12,14H2,1H3,(H,27,29). The van der Waals surface area contributed by atoms with Crippen molar-refractivity contribution in [3.8, 4) is 17.2 Å². The maximum atomic E-state index is 14.4. The number of hydrogen-bond acceptors (Lipinski definition) is 5. The molecule has 2 aromatic carbocycles. The molecule has 0 spiro atoms. The summed E-state index contributed by atoms with van der Waals surface area (Å²) in [6.45, 7) is 2.07. The van der Waals surface area contributed by atoms with E-state index >= 15 is 0 Å². The highest BCUT2D eigenvalue weighted by Crippen LogP contribution is 2.33. The summed E-state index contributed by atoms with van der Waals surface area (Å²) in [6.07, 6.45) is 2.59. The molecule has 4 rings (SSSR count). The second kappa shape index (κ2) is 9.47. The minimum atomic E-state index is -0.608. The first kappa shape index (κ1) is 21.3. The normalized spacial score (nSPS) is 15.0. The third-order valence-electron chi connectivity index (χ3n) is 4.98. The van der Waals surface area contributed by atoms with E-state index in [2.05, 4.69) is 10.3 Å². The predicted molar refractivity (Wildman–Crippen MR) is 116 cm³/mol. The van der Waals surface area contributed by atoms with E-state index < -0.39 is 11.9 Å². The fraction of sp³-hybridized carbons (Fsp3) is 0.208. The van der Waals surface area contributed by atoms with Crippen molar-refractivity contribution >= 4 is 17.5 Å². The van der Waals surface area contributed by atoms with Crippen LogP contribution in [0.4, 0.5) is 10.1 Å². The van der Waals surface area contributed by atoms with Crippen LogP contribution in [0.1, 0.15) is 18.9 Å². The maximum Gasteiger partial charge on any atom is 0.267 e. The van der Waals surface area contributed by atoms with Crippen LogP contribution >= 0.6 is 0 Å². The van der Waals surface area contributed by atoms with Crippen molar-refractivity contribution in [2.75, 3.05) is 11.4 Å². The van der Waals surface area contributed by atoms with E-state index in [1.165, 1.54) is 18.3 Å². The predicted octanol–water partition coefficient (Wildman–Crippen LogP) is 3.83. The zero-order valence-corrected chi connectivity index (χ0v) is 17.5. The maximum absolute atomic E-state index is 14.4. The van der Waals surface area contributed by atoms with Gasteiger partial charge in [-0.1, -0.05) is 18.2 Å². The number of rotatable bonds is 7. The highest BCUT2D eigenvalue weighted by molar-refractivity contribution is 6.00. The van der Waals surface area contributed by atoms with E-state index in [4.69, 9.17) is 9.47 Å². The highest BCUT2D eigenvalue weighted by atomic mass is 19.1. The Morgan fingerprint density at radius 3 is 2.84 bits per heavy atom. The Balaban J connectivity index is 1.32. The van der Waals surface area contributed by atoms with Gasteiger partial charge in [0.1, 0.15) is 11.5 Å². The molecule has 0 radical (unpaired) electrons. The van der Waals surface area contributed by atoms with E-state index in [9.17, 15) is 14.0 Å². The minimum absolute atomic E-state index is 0.0756. The monoisotopic (exact) mass is 435 g/mol. The molecule has 1 aromatic heterocycles. The van der Waals surface area contributed by atoms with E-state index in [0.717, 1.165) is 0 Å². The average molecular weight is 435 g/mol. The third-order valence-corrected chi connectivity index (χ3v) is 4.98. The van der Waals surface area contributed by atoms with Crippen molar-refractivity contribution in [2.45, 2.75) is 26.0 Å². The number of carbonyl (C=O) groups is 2. The Morgan fingerprint density at radius 1 is 1.22 bits per heavy atom. The Morgan fingerprint density at radius 2 is 2.06 bits per heavy atom. The largest absolute Gasteiger partial charge is 0.479 e. The molecule has 0 bridgehead atoms. The van der Waals surface area contributed by atoms with Crippen molar-refractivity contribution < 1.29 is 23.5 Å². The average Bonchev–Trinajstić information content (AvgIpc) is 2.80. The van der Waals surface area contributed by atoms with Crippen molar-refractivity contribution in [1.82, 2.24) is 10.3 Å². The molecule has 1 aliphatic rings. The smallest absolute Gasteiger partial charge is 0.267 e. The number of fused-ring (bicyclic) bond motifs is 1. The van der Waals surface area contributed by atoms with Crippen LogP contribution < -0.4 is 19.7 Å². The van der Waals surface area contributed by atoms with Crippen LogP contribution in [0.15, 0.2) is 67.0 Å². The van der Waals surface area contributed by atoms with E-state index in [1.807, 2.05) is 12.1 Å². The van der Waals surface area contributed by atoms with Crippen molar-refractivity contribution in [1.29, 1.82) is 0 Å². The van der Waals surface area contributed by atoms with Crippen molar-refractivity contribution in [3.05, 3.63) is 78.4 Å². The fourth-order valence-electron chi connectivity index (χ4n) is 3.36. The summed E-state index contributed by atoms with van der Waals surface area (Å²) in [4.78, 5) is 30.3. The Kier molecular flexibility index (Phi) is 6.30. The summed E-state index contributed by atoms with van der Waals surface area (Å²) in [7, 11) is 0. The van der Waals surface area contributed by atoms with Crippen molar-refractivity contribution in [3.63, 3.8) is 0 Å². The molecule has 2 heterocycles. The van der Waals surface area contributed by atoms with E-state index in [1.54, 1.807) is 48.4 Å². The van der Waals surface area contributed by atoms with Gasteiger partial charge in [-0.05, 0) is 48.9 Å². The first-order valence-electron chi connectivity index (χ1n) is 10.2. The third kappa shape index (κ3) is 4.85. The molecule has 3 aromatic rings. The number of benzene rings is 2. The number of aromatic nitrogens is 1. The van der Waals surface area contributed by atoms with Gasteiger partial charge in [-0.25, -0.2) is 4.39 Å². The molecule has 0 saturated carbocycles. The second-order valence-electron chi connectivity index (χ2n) is 7.30. The number of para-hydroxylation sites is 2. The van der Waals surface area contributed by atoms with Gasteiger partial charge >= 0.3 is 0 Å². The molecule has 1 atom stereocenters. The van der Waals surface area contributed by atoms with Gasteiger partial charge in [0.2, 0.25) is 5.91 Å². The number of ether oxygens (including phenoxy) is 2. The number of carbonyl (C=O) groups excluding carboxylic acids is 2. The first-order chi connectivity index (χ1) is 15.5. The molecule has 1 aliphatic heterocycles. The molecule has 1 N–H and O–H groups in total. The lowest BCUT2D eigenvalue weighted by molar-refractivity contribution is -0.125. The quantitative estimate of drug-likeness (QED) is 0.610. The van der Waals surface area contributed by atoms with Crippen molar-refractivity contribution in [2.24, 2.45) is 0 Å². The molecule has 32 heavy (non-hydrogen) atoms. The molecule has 0 saturated heterocycles. The number of nitrogens with zero attached hydrogens (tertiary/aromatic N) is 2. The molecule has 164 valence electrons. The Labute approximate surface area is 184 Å². The number of amides is 2. The fourth-order valence-corrected chi connectivity index (χ4v) is 3.36. The van der Waals surface area contributed by atoms with Gasteiger partial charge in [-0.2, -0.15) is 0 Å². The topological polar surface area (TPSA) is 80.8 Å². The summed E-state index contributed by atoms with van der Waals surface area (Å²) in [5.41, 5.74) is 1.24. The van der Waals surface area contributed by atoms with Gasteiger partial charge in [-0.15, -0.1) is 0 Å². The number of pyridine rings is 1. The Bertz CT molecular complexity index is 1120. The van der Waals surface area contributed by atoms with Gasteiger partial charge in [0.15, 0.2) is 17.7 Å². The zero-order chi connectivity index (χ0) is 22.5. The summed E-state index contributed by atoms with van der Waals surface area (Å²) >= 11 is 0. The van der Waals surface area contributed by atoms with Crippen LogP contribution in [-0.4, -0.2) is 29.4 Å². The lowest BCUT2D eigenvalue weighted by Crippen LogP contribution is -2.45. The summed E-state index contributed by atoms with van der Waals surface area (Å²) in [6, 6.07) is 15.1. The highest BCUT2D eigenvalue weighted by Gasteiger charge is 2.31. The molecule has 8 heteroatoms. The molecule has 0 fully saturated rings. The van der Waals surface area contributed by atoms with Crippen LogP contribution in [0.5, 0.6) is 17.2 Å². The molecule has 0 aliphatic carbocycles. The van der Waals surface area contributed by atoms with Gasteiger partial charge in [0.25, 0.3) is 5.91 Å². The van der Waals surface area contributed by atoms with Gasteiger partial charge in [-0.3, -0.25) is 14.6 Å². The SMILES string of the molecule is CC1Oc2ccccc2N(CCC(=O)NCc2ccc(Oc3cccnc3)c(F)c2)C1=O. The summed E-state index contributed by atoms with van der Waals surface area (Å²) in [5, 5.41) is 2.76. The molecular weight excluding hydrogens is 413 g/mol. The molecule has 2 amide bonds. The lowest BCUT2D eigenvalue weighted by Gasteiger charge is -2.32. The van der Waals surface area contributed by atoms with Gasteiger partial charge in [0.05, 0.1) is 11.9 Å². The number of hydrogen-bond donors (Lipinski definition) is 1. The summed E-state index contributed by atoms with van der Waals surface area (Å²) < 4.78 is 25.4. The number of anilines is 1. The van der Waals surface area contributed by atoms with Crippen LogP contribution in [0.2, 0.25) is 0 Å². The van der Waals surface area contributed by atoms with Crippen LogP contribution in [0.25, 0.3) is 0 Å². The second-order valence-corrected chi connectivity index (χ2v) is 7.30. The van der Waals surface area contributed by atoms with E-state index in [0.29, 0.717) is 22.7 Å². The molecule has 1 unspecified atom stereocenters. The molecule has 7 nitrogen and oxygen atoms in total. The van der Waals surface area contributed by atoms with Gasteiger partial charge in [0, 0.05) is 25.7 Å². The number of nitrogens with one attached hydrogen (secondary N) is 1. The van der Waals surface area contributed by atoms with E-state index in [-0.39, 0.29) is 37.1 Å². The zero-order valence-electron chi connectivity index (χ0n) is 17.5. The Hall–Kier alpha value is -3.94. The first-order valence-corrected chi connectivity index (χ1v) is 10.2. The van der Waals surface area contributed by atoms with Gasteiger partial charge < -0.3 is 19.7 Å². The van der Waals surface area contributed by atoms with Crippen LogP contribution in [0, 0.1) is 5.82 Å². The lowest BCUT2D eigenvalue weighted by atomic mass is 10.1. The minimum Gasteiger partial charge on any atom is -0.479 e. The molecular formula is C24H22FN3O4.